The van der Waals surface area contributed by atoms with Gasteiger partial charge in [0.25, 0.3) is 0 Å². The molecule has 0 unspecified atom stereocenters. The highest BCUT2D eigenvalue weighted by Crippen LogP contribution is 2.26. The molecular formula is C21H17FN2O2S. The van der Waals surface area contributed by atoms with E-state index in [1.807, 2.05) is 18.4 Å². The van der Waals surface area contributed by atoms with E-state index in [0.29, 0.717) is 5.56 Å². The summed E-state index contributed by atoms with van der Waals surface area (Å²) in [5.74, 6) is -0.331. The van der Waals surface area contributed by atoms with Crippen LogP contribution in [0.3, 0.4) is 0 Å². The molecule has 0 saturated carbocycles. The molecule has 2 aromatic carbocycles. The summed E-state index contributed by atoms with van der Waals surface area (Å²) in [7, 11) is -3.90. The summed E-state index contributed by atoms with van der Waals surface area (Å²) in [5, 5.41) is 9.45. The molecule has 0 spiro atoms. The molecule has 4 nitrogen and oxygen atoms in total. The van der Waals surface area contributed by atoms with E-state index in [1.165, 1.54) is 30.3 Å². The summed E-state index contributed by atoms with van der Waals surface area (Å²) in [6.07, 6.45) is 1.38. The van der Waals surface area contributed by atoms with Gasteiger partial charge in [0, 0.05) is 17.1 Å². The van der Waals surface area contributed by atoms with E-state index in [2.05, 4.69) is 0 Å². The van der Waals surface area contributed by atoms with Crippen LogP contribution >= 0.6 is 0 Å². The highest BCUT2D eigenvalue weighted by molar-refractivity contribution is 7.95. The molecule has 0 aliphatic carbocycles. The molecule has 0 aliphatic heterocycles. The van der Waals surface area contributed by atoms with Gasteiger partial charge in [0.1, 0.15) is 16.8 Å². The molecule has 136 valence electrons. The second-order valence-electron chi connectivity index (χ2n) is 6.08. The van der Waals surface area contributed by atoms with Crippen LogP contribution < -0.4 is 0 Å². The Bertz CT molecular complexity index is 1150. The average Bonchev–Trinajstić information content (AvgIpc) is 2.94. The maximum atomic E-state index is 13.2. The van der Waals surface area contributed by atoms with E-state index in [1.54, 1.807) is 42.5 Å². The van der Waals surface area contributed by atoms with E-state index < -0.39 is 9.84 Å². The Morgan fingerprint density at radius 1 is 1.07 bits per heavy atom. The van der Waals surface area contributed by atoms with Crippen LogP contribution in [0.2, 0.25) is 0 Å². The zero-order valence-electron chi connectivity index (χ0n) is 14.8. The number of hydrogen-bond acceptors (Lipinski definition) is 3. The first-order valence-corrected chi connectivity index (χ1v) is 9.69. The normalized spacial score (nSPS) is 12.0. The minimum absolute atomic E-state index is 0.0742. The Labute approximate surface area is 157 Å². The van der Waals surface area contributed by atoms with Crippen molar-refractivity contribution in [2.24, 2.45) is 0 Å². The molecule has 0 aliphatic rings. The Hall–Kier alpha value is -3.17. The molecule has 0 saturated heterocycles. The molecule has 0 bridgehead atoms. The second kappa shape index (κ2) is 7.22. The molecule has 0 atom stereocenters. The van der Waals surface area contributed by atoms with Gasteiger partial charge in [0.2, 0.25) is 9.84 Å². The quantitative estimate of drug-likeness (QED) is 0.623. The standard InChI is InChI=1S/C21H17FN2O2S/c1-15-12-17(16(2)24(15)19-10-8-18(22)9-11-19)13-21(14-23)27(25,26)20-6-4-3-5-7-20/h3-13H,1-2H3/b21-13+. The predicted molar refractivity (Wildman–Crippen MR) is 102 cm³/mol. The Morgan fingerprint density at radius 3 is 2.30 bits per heavy atom. The summed E-state index contributed by atoms with van der Waals surface area (Å²) < 4.78 is 40.6. The molecule has 3 aromatic rings. The monoisotopic (exact) mass is 380 g/mol. The van der Waals surface area contributed by atoms with E-state index in [0.717, 1.165) is 17.1 Å². The molecule has 0 fully saturated rings. The molecular weight excluding hydrogens is 363 g/mol. The lowest BCUT2D eigenvalue weighted by atomic mass is 10.2. The first kappa shape index (κ1) is 18.6. The molecule has 27 heavy (non-hydrogen) atoms. The number of halogens is 1. The summed E-state index contributed by atoms with van der Waals surface area (Å²) in [6, 6.07) is 17.5. The number of rotatable bonds is 4. The number of nitriles is 1. The van der Waals surface area contributed by atoms with E-state index in [-0.39, 0.29) is 15.6 Å². The minimum Gasteiger partial charge on any atom is -0.318 e. The summed E-state index contributed by atoms with van der Waals surface area (Å²) >= 11 is 0. The topological polar surface area (TPSA) is 62.9 Å². The van der Waals surface area contributed by atoms with Crippen molar-refractivity contribution in [1.82, 2.24) is 4.57 Å². The van der Waals surface area contributed by atoms with Crippen LogP contribution in [0.1, 0.15) is 17.0 Å². The van der Waals surface area contributed by atoms with Gasteiger partial charge in [0.15, 0.2) is 0 Å². The summed E-state index contributed by atoms with van der Waals surface area (Å²) in [5.41, 5.74) is 2.98. The number of aromatic nitrogens is 1. The molecule has 3 rings (SSSR count). The molecule has 6 heteroatoms. The van der Waals surface area contributed by atoms with Gasteiger partial charge in [0.05, 0.1) is 4.90 Å². The molecule has 1 heterocycles. The largest absolute Gasteiger partial charge is 0.318 e. The van der Waals surface area contributed by atoms with Gasteiger partial charge < -0.3 is 4.57 Å². The van der Waals surface area contributed by atoms with E-state index in [4.69, 9.17) is 0 Å². The van der Waals surface area contributed by atoms with Crippen LogP contribution in [0.25, 0.3) is 11.8 Å². The maximum Gasteiger partial charge on any atom is 0.216 e. The van der Waals surface area contributed by atoms with Gasteiger partial charge in [-0.15, -0.1) is 0 Å². The molecule has 0 N–H and O–H groups in total. The Kier molecular flexibility index (Phi) is 4.98. The third-order valence-electron chi connectivity index (χ3n) is 4.29. The first-order chi connectivity index (χ1) is 12.8. The van der Waals surface area contributed by atoms with Crippen molar-refractivity contribution in [3.05, 3.63) is 88.3 Å². The third kappa shape index (κ3) is 3.55. The highest BCUT2D eigenvalue weighted by atomic mass is 32.2. The maximum absolute atomic E-state index is 13.2. The van der Waals surface area contributed by atoms with Crippen molar-refractivity contribution < 1.29 is 12.8 Å². The van der Waals surface area contributed by atoms with Crippen molar-refractivity contribution in [3.63, 3.8) is 0 Å². The van der Waals surface area contributed by atoms with E-state index >= 15 is 0 Å². The lowest BCUT2D eigenvalue weighted by molar-refractivity contribution is 0.603. The van der Waals surface area contributed by atoms with Gasteiger partial charge in [-0.3, -0.25) is 0 Å². The van der Waals surface area contributed by atoms with Gasteiger partial charge in [-0.25, -0.2) is 12.8 Å². The van der Waals surface area contributed by atoms with Crippen LogP contribution in [-0.2, 0) is 9.84 Å². The molecule has 1 aromatic heterocycles. The van der Waals surface area contributed by atoms with Crippen molar-refractivity contribution in [2.45, 2.75) is 18.7 Å². The number of sulfone groups is 1. The van der Waals surface area contributed by atoms with Crippen LogP contribution in [0.4, 0.5) is 4.39 Å². The first-order valence-electron chi connectivity index (χ1n) is 8.21. The minimum atomic E-state index is -3.90. The van der Waals surface area contributed by atoms with Gasteiger partial charge in [-0.2, -0.15) is 5.26 Å². The number of benzene rings is 2. The fraction of sp³-hybridized carbons (Fsp3) is 0.0952. The number of nitrogens with zero attached hydrogens (tertiary/aromatic N) is 2. The molecule has 0 amide bonds. The van der Waals surface area contributed by atoms with Crippen LogP contribution in [0.5, 0.6) is 0 Å². The number of hydrogen-bond donors (Lipinski definition) is 0. The van der Waals surface area contributed by atoms with Crippen LogP contribution in [0.15, 0.2) is 70.5 Å². The molecule has 0 radical (unpaired) electrons. The number of allylic oxidation sites excluding steroid dienone is 1. The summed E-state index contributed by atoms with van der Waals surface area (Å²) in [4.78, 5) is -0.252. The zero-order valence-corrected chi connectivity index (χ0v) is 15.7. The smallest absolute Gasteiger partial charge is 0.216 e. The van der Waals surface area contributed by atoms with Gasteiger partial charge >= 0.3 is 0 Å². The Morgan fingerprint density at radius 2 is 1.70 bits per heavy atom. The van der Waals surface area contributed by atoms with E-state index in [9.17, 15) is 18.1 Å². The lowest BCUT2D eigenvalue weighted by Gasteiger charge is -2.09. The zero-order chi connectivity index (χ0) is 19.6. The SMILES string of the molecule is Cc1cc(/C=C(\C#N)S(=O)(=O)c2ccccc2)c(C)n1-c1ccc(F)cc1. The van der Waals surface area contributed by atoms with Crippen molar-refractivity contribution in [3.8, 4) is 11.8 Å². The predicted octanol–water partition coefficient (Wildman–Crippen LogP) is 4.57. The average molecular weight is 380 g/mol. The lowest BCUT2D eigenvalue weighted by Crippen LogP contribution is -2.03. The van der Waals surface area contributed by atoms with Crippen LogP contribution in [-0.4, -0.2) is 13.0 Å². The van der Waals surface area contributed by atoms with Crippen molar-refractivity contribution in [1.29, 1.82) is 5.26 Å². The summed E-state index contributed by atoms with van der Waals surface area (Å²) in [6.45, 7) is 3.69. The van der Waals surface area contributed by atoms with Crippen molar-refractivity contribution in [2.75, 3.05) is 0 Å². The third-order valence-corrected chi connectivity index (χ3v) is 5.98. The fourth-order valence-corrected chi connectivity index (χ4v) is 4.13. The van der Waals surface area contributed by atoms with Gasteiger partial charge in [-0.05, 0) is 68.0 Å². The second-order valence-corrected chi connectivity index (χ2v) is 7.99. The van der Waals surface area contributed by atoms with Crippen LogP contribution in [0, 0.1) is 31.0 Å². The number of aryl methyl sites for hydroxylation is 1. The fourth-order valence-electron chi connectivity index (χ4n) is 2.96. The Balaban J connectivity index is 2.10. The van der Waals surface area contributed by atoms with Crippen molar-refractivity contribution >= 4 is 15.9 Å². The van der Waals surface area contributed by atoms with Gasteiger partial charge in [-0.1, -0.05) is 18.2 Å². The highest BCUT2D eigenvalue weighted by Gasteiger charge is 2.21.